The van der Waals surface area contributed by atoms with Crippen LogP contribution in [0, 0.1) is 18.3 Å². The summed E-state index contributed by atoms with van der Waals surface area (Å²) in [5.41, 5.74) is 2.47. The van der Waals surface area contributed by atoms with E-state index in [0.29, 0.717) is 39.9 Å². The smallest absolute Gasteiger partial charge is 0.373 e. The van der Waals surface area contributed by atoms with Gasteiger partial charge in [-0.2, -0.15) is 27.2 Å². The Balaban J connectivity index is 1.57. The van der Waals surface area contributed by atoms with Gasteiger partial charge in [0.2, 0.25) is 0 Å². The third kappa shape index (κ3) is 4.63. The van der Waals surface area contributed by atoms with E-state index in [1.165, 1.54) is 12.1 Å². The summed E-state index contributed by atoms with van der Waals surface area (Å²) in [6, 6.07) is 6.00. The first kappa shape index (κ1) is 24.7. The minimum absolute atomic E-state index is 0.228. The molecule has 2 unspecified atom stereocenters. The Hall–Kier alpha value is -3.94. The topological polar surface area (TPSA) is 93.7 Å². The number of aromatic nitrogens is 4. The number of halogens is 5. The van der Waals surface area contributed by atoms with Gasteiger partial charge in [0.05, 0.1) is 28.6 Å². The Morgan fingerprint density at radius 2 is 2.00 bits per heavy atom. The van der Waals surface area contributed by atoms with Crippen LogP contribution in [0.2, 0.25) is 0 Å². The number of hydrogen-bond acceptors (Lipinski definition) is 6. The summed E-state index contributed by atoms with van der Waals surface area (Å²) >= 11 is 0. The molecule has 2 atom stereocenters. The van der Waals surface area contributed by atoms with Crippen molar-refractivity contribution in [1.82, 2.24) is 19.5 Å². The molecule has 4 heterocycles. The predicted molar refractivity (Wildman–Crippen MR) is 121 cm³/mol. The van der Waals surface area contributed by atoms with Crippen LogP contribution in [0.1, 0.15) is 66.2 Å². The van der Waals surface area contributed by atoms with Crippen molar-refractivity contribution < 1.29 is 26.7 Å². The Bertz CT molecular complexity index is 1580. The first-order valence-corrected chi connectivity index (χ1v) is 11.3. The van der Waals surface area contributed by atoms with E-state index in [1.807, 2.05) is 6.07 Å². The average molecular weight is 515 g/mol. The fraction of sp³-hybridized carbons (Fsp3) is 0.360. The highest BCUT2D eigenvalue weighted by Crippen LogP contribution is 2.42. The van der Waals surface area contributed by atoms with E-state index in [9.17, 15) is 32.0 Å². The van der Waals surface area contributed by atoms with Gasteiger partial charge in [-0.05, 0) is 37.5 Å². The lowest BCUT2D eigenvalue weighted by Gasteiger charge is -2.29. The largest absolute Gasteiger partial charge is 0.420 e. The molecule has 0 aromatic carbocycles. The van der Waals surface area contributed by atoms with E-state index < -0.39 is 30.0 Å². The zero-order valence-electron chi connectivity index (χ0n) is 19.3. The highest BCUT2D eigenvalue weighted by molar-refractivity contribution is 5.90. The van der Waals surface area contributed by atoms with Crippen LogP contribution < -0.4 is 5.56 Å². The van der Waals surface area contributed by atoms with Gasteiger partial charge in [0.15, 0.2) is 5.65 Å². The number of nitrogens with zero attached hydrogens (tertiary/aromatic N) is 5. The number of allylic oxidation sites excluding steroid dienone is 1. The van der Waals surface area contributed by atoms with Gasteiger partial charge < -0.3 is 4.74 Å². The highest BCUT2D eigenvalue weighted by Gasteiger charge is 2.39. The van der Waals surface area contributed by atoms with Gasteiger partial charge in [-0.1, -0.05) is 0 Å². The number of hydrogen-bond donors (Lipinski definition) is 0. The zero-order chi connectivity index (χ0) is 26.5. The average Bonchev–Trinajstić information content (AvgIpc) is 2.81. The summed E-state index contributed by atoms with van der Waals surface area (Å²) in [7, 11) is 0. The summed E-state index contributed by atoms with van der Waals surface area (Å²) in [6.07, 6.45) is -3.66. The molecule has 0 N–H and O–H groups in total. The van der Waals surface area contributed by atoms with Crippen LogP contribution in [0.5, 0.6) is 0 Å². The summed E-state index contributed by atoms with van der Waals surface area (Å²) in [5, 5.41) is 9.76. The van der Waals surface area contributed by atoms with Crippen LogP contribution in [0.3, 0.4) is 0 Å². The highest BCUT2D eigenvalue weighted by atomic mass is 19.4. The van der Waals surface area contributed by atoms with Gasteiger partial charge in [0, 0.05) is 42.2 Å². The van der Waals surface area contributed by atoms with Gasteiger partial charge >= 0.3 is 12.7 Å². The molecule has 2 aliphatic rings. The molecule has 190 valence electrons. The lowest BCUT2D eigenvalue weighted by molar-refractivity contribution is -0.0934. The standard InChI is InChI=1S/C25H18F5N5O2/c1-12-16(10-31)8-18-21(15-6-17(7-15)25(28,29)30)33-22(34-23(18)32-12)13-4-5-37-19(9-13)14-2-3-20(36)35(11-14)24(26)27/h2-3,8,11,13,19,24H,4-6,9H2,1H3. The quantitative estimate of drug-likeness (QED) is 0.347. The zero-order valence-corrected chi connectivity index (χ0v) is 19.3. The molecule has 0 spiro atoms. The van der Waals surface area contributed by atoms with Crippen LogP contribution in [-0.2, 0) is 4.74 Å². The monoisotopic (exact) mass is 515 g/mol. The minimum atomic E-state index is -4.50. The van der Waals surface area contributed by atoms with Crippen molar-refractivity contribution in [2.45, 2.75) is 50.9 Å². The maximum absolute atomic E-state index is 13.2. The molecule has 37 heavy (non-hydrogen) atoms. The molecular formula is C25H18F5N5O2. The number of fused-ring (bicyclic) bond motifs is 1. The van der Waals surface area contributed by atoms with Crippen LogP contribution in [-0.4, -0.2) is 32.3 Å². The van der Waals surface area contributed by atoms with Crippen molar-refractivity contribution >= 4 is 16.6 Å². The van der Waals surface area contributed by atoms with Crippen molar-refractivity contribution in [1.29, 1.82) is 5.26 Å². The molecule has 0 saturated carbocycles. The van der Waals surface area contributed by atoms with E-state index in [0.717, 1.165) is 12.3 Å². The van der Waals surface area contributed by atoms with Crippen molar-refractivity contribution in [3.05, 3.63) is 74.4 Å². The van der Waals surface area contributed by atoms with Crippen molar-refractivity contribution in [3.63, 3.8) is 0 Å². The normalized spacial score (nSPS) is 19.8. The van der Waals surface area contributed by atoms with Gasteiger partial charge in [-0.3, -0.25) is 9.36 Å². The Morgan fingerprint density at radius 3 is 2.68 bits per heavy atom. The molecule has 1 fully saturated rings. The SMILES string of the molecule is Cc1nc2nc(C3CCOC(c4ccc(=O)n(C(F)F)c4)C3)nc(C3=C=C(C(F)(F)F)C3)c2cc1C#N. The Labute approximate surface area is 206 Å². The summed E-state index contributed by atoms with van der Waals surface area (Å²) in [4.78, 5) is 25.3. The maximum atomic E-state index is 13.2. The summed E-state index contributed by atoms with van der Waals surface area (Å²) in [6.45, 7) is -1.12. The number of nitriles is 1. The van der Waals surface area contributed by atoms with Gasteiger partial charge in [-0.15, -0.1) is 5.73 Å². The first-order valence-electron chi connectivity index (χ1n) is 11.3. The van der Waals surface area contributed by atoms with Gasteiger partial charge in [-0.25, -0.2) is 15.0 Å². The van der Waals surface area contributed by atoms with Crippen molar-refractivity contribution in [3.8, 4) is 6.07 Å². The molecule has 3 aromatic rings. The lowest BCUT2D eigenvalue weighted by atomic mass is 9.90. The molecule has 0 amide bonds. The fourth-order valence-corrected chi connectivity index (χ4v) is 4.47. The third-order valence-corrected chi connectivity index (χ3v) is 6.49. The molecule has 12 heteroatoms. The van der Waals surface area contributed by atoms with Crippen molar-refractivity contribution in [2.75, 3.05) is 6.61 Å². The number of aryl methyl sites for hydroxylation is 1. The van der Waals surface area contributed by atoms with Gasteiger partial charge in [0.25, 0.3) is 5.56 Å². The second-order valence-corrected chi connectivity index (χ2v) is 8.86. The number of rotatable bonds is 4. The van der Waals surface area contributed by atoms with Crippen molar-refractivity contribution in [2.24, 2.45) is 0 Å². The van der Waals surface area contributed by atoms with E-state index in [1.54, 1.807) is 6.92 Å². The molecular weight excluding hydrogens is 497 g/mol. The minimum Gasteiger partial charge on any atom is -0.373 e. The lowest BCUT2D eigenvalue weighted by Crippen LogP contribution is -2.24. The predicted octanol–water partition coefficient (Wildman–Crippen LogP) is 5.27. The summed E-state index contributed by atoms with van der Waals surface area (Å²) < 4.78 is 71.7. The fourth-order valence-electron chi connectivity index (χ4n) is 4.47. The Morgan fingerprint density at radius 1 is 1.24 bits per heavy atom. The molecule has 7 nitrogen and oxygen atoms in total. The molecule has 1 saturated heterocycles. The van der Waals surface area contributed by atoms with E-state index >= 15 is 0 Å². The number of pyridine rings is 2. The molecule has 0 bridgehead atoms. The third-order valence-electron chi connectivity index (χ3n) is 6.49. The van der Waals surface area contributed by atoms with Gasteiger partial charge in [0.1, 0.15) is 11.9 Å². The molecule has 5 rings (SSSR count). The number of alkyl halides is 5. The summed E-state index contributed by atoms with van der Waals surface area (Å²) in [5.74, 6) is 0.00247. The second kappa shape index (κ2) is 9.18. The second-order valence-electron chi connectivity index (χ2n) is 8.86. The van der Waals surface area contributed by atoms with Crippen LogP contribution in [0.25, 0.3) is 16.6 Å². The molecule has 1 aliphatic heterocycles. The van der Waals surface area contributed by atoms with Crippen LogP contribution in [0.4, 0.5) is 22.0 Å². The van der Waals surface area contributed by atoms with E-state index in [4.69, 9.17) is 4.74 Å². The van der Waals surface area contributed by atoms with Crippen LogP contribution >= 0.6 is 0 Å². The molecule has 1 aliphatic carbocycles. The van der Waals surface area contributed by atoms with E-state index in [-0.39, 0.29) is 41.4 Å². The number of ether oxygens (including phenoxy) is 1. The maximum Gasteiger partial charge on any atom is 0.420 e. The van der Waals surface area contributed by atoms with E-state index in [2.05, 4.69) is 20.7 Å². The first-order chi connectivity index (χ1) is 17.5. The molecule has 3 aromatic heterocycles. The Kier molecular flexibility index (Phi) is 6.14. The molecule has 0 radical (unpaired) electrons. The van der Waals surface area contributed by atoms with Crippen LogP contribution in [0.15, 0.2) is 40.5 Å².